The van der Waals surface area contributed by atoms with Crippen LogP contribution in [-0.4, -0.2) is 7.11 Å². The molecule has 0 fully saturated rings. The van der Waals surface area contributed by atoms with E-state index in [-0.39, 0.29) is 5.63 Å². The molecule has 3 rings (SSSR count). The second-order valence-electron chi connectivity index (χ2n) is 6.03. The molecule has 0 amide bonds. The van der Waals surface area contributed by atoms with E-state index in [1.165, 1.54) is 0 Å². The lowest BCUT2D eigenvalue weighted by Crippen LogP contribution is -2.07. The maximum Gasteiger partial charge on any atom is 0.336 e. The summed E-state index contributed by atoms with van der Waals surface area (Å²) in [7, 11) is 1.65. The zero-order chi connectivity index (χ0) is 17.3. The maximum absolute atomic E-state index is 11.9. The van der Waals surface area contributed by atoms with E-state index >= 15 is 0 Å². The highest BCUT2D eigenvalue weighted by molar-refractivity contribution is 5.84. The molecule has 0 unspecified atom stereocenters. The third kappa shape index (κ3) is 3.00. The van der Waals surface area contributed by atoms with E-state index in [0.717, 1.165) is 39.1 Å². The van der Waals surface area contributed by atoms with Gasteiger partial charge >= 0.3 is 5.63 Å². The van der Waals surface area contributed by atoms with Gasteiger partial charge in [-0.3, -0.25) is 0 Å². The van der Waals surface area contributed by atoms with E-state index in [2.05, 4.69) is 11.4 Å². The van der Waals surface area contributed by atoms with Gasteiger partial charge in [-0.25, -0.2) is 4.79 Å². The van der Waals surface area contributed by atoms with Crippen LogP contribution in [0.15, 0.2) is 45.6 Å². The third-order valence-corrected chi connectivity index (χ3v) is 4.34. The summed E-state index contributed by atoms with van der Waals surface area (Å²) in [5.74, 6) is 0.778. The van der Waals surface area contributed by atoms with Gasteiger partial charge in [0.25, 0.3) is 0 Å². The monoisotopic (exact) mass is 323 g/mol. The number of methoxy groups -OCH3 is 1. The average Bonchev–Trinajstić information content (AvgIpc) is 2.56. The van der Waals surface area contributed by atoms with Crippen molar-refractivity contribution in [3.8, 4) is 5.75 Å². The van der Waals surface area contributed by atoms with Crippen molar-refractivity contribution in [1.29, 1.82) is 0 Å². The Hall–Kier alpha value is -2.75. The van der Waals surface area contributed by atoms with E-state index < -0.39 is 0 Å². The summed E-state index contributed by atoms with van der Waals surface area (Å²) in [4.78, 5) is 11.9. The standard InChI is InChI=1S/C20H21NO3/c1-12-5-8-18(23-4)17(9-12)21-11-15-10-19(22)24-20-14(3)13(2)6-7-16(15)20/h5-10,21H,11H2,1-4H3. The summed E-state index contributed by atoms with van der Waals surface area (Å²) >= 11 is 0. The SMILES string of the molecule is COc1ccc(C)cc1NCc1cc(=O)oc2c(C)c(C)ccc12. The predicted molar refractivity (Wildman–Crippen MR) is 97.0 cm³/mol. The van der Waals surface area contributed by atoms with Gasteiger partial charge in [-0.05, 0) is 55.2 Å². The van der Waals surface area contributed by atoms with E-state index in [9.17, 15) is 4.79 Å². The van der Waals surface area contributed by atoms with E-state index in [0.29, 0.717) is 12.1 Å². The molecule has 2 aromatic carbocycles. The summed E-state index contributed by atoms with van der Waals surface area (Å²) in [6, 6.07) is 11.6. The molecule has 0 atom stereocenters. The topological polar surface area (TPSA) is 51.5 Å². The van der Waals surface area contributed by atoms with Crippen molar-refractivity contribution in [1.82, 2.24) is 0 Å². The number of hydrogen-bond donors (Lipinski definition) is 1. The Morgan fingerprint density at radius 3 is 2.62 bits per heavy atom. The lowest BCUT2D eigenvalue weighted by molar-refractivity contribution is 0.416. The van der Waals surface area contributed by atoms with Crippen molar-refractivity contribution in [2.24, 2.45) is 0 Å². The van der Waals surface area contributed by atoms with Gasteiger partial charge in [0, 0.05) is 18.0 Å². The van der Waals surface area contributed by atoms with Crippen LogP contribution < -0.4 is 15.7 Å². The zero-order valence-electron chi connectivity index (χ0n) is 14.4. The Morgan fingerprint density at radius 1 is 1.08 bits per heavy atom. The van der Waals surface area contributed by atoms with Crippen LogP contribution in [0.1, 0.15) is 22.3 Å². The summed E-state index contributed by atoms with van der Waals surface area (Å²) in [6.07, 6.45) is 0. The largest absolute Gasteiger partial charge is 0.495 e. The summed E-state index contributed by atoms with van der Waals surface area (Å²) in [6.45, 7) is 6.53. The van der Waals surface area contributed by atoms with Crippen LogP contribution in [-0.2, 0) is 6.54 Å². The highest BCUT2D eigenvalue weighted by atomic mass is 16.5. The first kappa shape index (κ1) is 16.1. The fraction of sp³-hybridized carbons (Fsp3) is 0.250. The van der Waals surface area contributed by atoms with Crippen molar-refractivity contribution in [2.75, 3.05) is 12.4 Å². The lowest BCUT2D eigenvalue weighted by Gasteiger charge is -2.13. The molecule has 0 saturated carbocycles. The molecule has 4 nitrogen and oxygen atoms in total. The van der Waals surface area contributed by atoms with Crippen molar-refractivity contribution >= 4 is 16.7 Å². The minimum absolute atomic E-state index is 0.329. The van der Waals surface area contributed by atoms with Crippen LogP contribution in [0.3, 0.4) is 0 Å². The Bertz CT molecular complexity index is 957. The minimum atomic E-state index is -0.329. The van der Waals surface area contributed by atoms with Crippen LogP contribution in [0.2, 0.25) is 0 Å². The number of ether oxygens (including phenoxy) is 1. The molecule has 1 N–H and O–H groups in total. The Labute approximate surface area is 141 Å². The highest BCUT2D eigenvalue weighted by Gasteiger charge is 2.10. The van der Waals surface area contributed by atoms with Crippen LogP contribution in [0, 0.1) is 20.8 Å². The van der Waals surface area contributed by atoms with Crippen LogP contribution in [0.4, 0.5) is 5.69 Å². The fourth-order valence-corrected chi connectivity index (χ4v) is 2.82. The van der Waals surface area contributed by atoms with Gasteiger partial charge < -0.3 is 14.5 Å². The van der Waals surface area contributed by atoms with Crippen molar-refractivity contribution in [3.05, 3.63) is 69.1 Å². The molecular formula is C20H21NO3. The van der Waals surface area contributed by atoms with Crippen LogP contribution >= 0.6 is 0 Å². The third-order valence-electron chi connectivity index (χ3n) is 4.34. The second-order valence-corrected chi connectivity index (χ2v) is 6.03. The second kappa shape index (κ2) is 6.40. The molecule has 0 saturated heterocycles. The summed E-state index contributed by atoms with van der Waals surface area (Å²) < 4.78 is 10.8. The Balaban J connectivity index is 2.01. The van der Waals surface area contributed by atoms with Gasteiger partial charge in [0.1, 0.15) is 11.3 Å². The lowest BCUT2D eigenvalue weighted by atomic mass is 10.0. The molecule has 0 aliphatic carbocycles. The van der Waals surface area contributed by atoms with Crippen LogP contribution in [0.5, 0.6) is 5.75 Å². The van der Waals surface area contributed by atoms with E-state index in [1.807, 2.05) is 45.0 Å². The van der Waals surface area contributed by atoms with Crippen LogP contribution in [0.25, 0.3) is 11.0 Å². The summed E-state index contributed by atoms with van der Waals surface area (Å²) in [5.41, 5.74) is 5.40. The number of rotatable bonds is 4. The van der Waals surface area contributed by atoms with Gasteiger partial charge in [0.2, 0.25) is 0 Å². The number of fused-ring (bicyclic) bond motifs is 1. The molecule has 0 radical (unpaired) electrons. The number of anilines is 1. The number of nitrogens with one attached hydrogen (secondary N) is 1. The number of aryl methyl sites for hydroxylation is 3. The van der Waals surface area contributed by atoms with Gasteiger partial charge in [-0.2, -0.15) is 0 Å². The first-order chi connectivity index (χ1) is 11.5. The quantitative estimate of drug-likeness (QED) is 0.726. The number of hydrogen-bond acceptors (Lipinski definition) is 4. The fourth-order valence-electron chi connectivity index (χ4n) is 2.82. The van der Waals surface area contributed by atoms with E-state index in [1.54, 1.807) is 13.2 Å². The molecule has 0 spiro atoms. The Kier molecular flexibility index (Phi) is 4.30. The molecule has 124 valence electrons. The van der Waals surface area contributed by atoms with Crippen molar-refractivity contribution in [3.63, 3.8) is 0 Å². The van der Waals surface area contributed by atoms with Gasteiger partial charge in [-0.1, -0.05) is 18.2 Å². The van der Waals surface area contributed by atoms with Gasteiger partial charge in [0.15, 0.2) is 0 Å². The molecule has 0 aliphatic heterocycles. The highest BCUT2D eigenvalue weighted by Crippen LogP contribution is 2.27. The summed E-state index contributed by atoms with van der Waals surface area (Å²) in [5, 5.41) is 4.32. The zero-order valence-corrected chi connectivity index (χ0v) is 14.4. The molecule has 1 heterocycles. The Morgan fingerprint density at radius 2 is 1.88 bits per heavy atom. The molecular weight excluding hydrogens is 302 g/mol. The molecule has 4 heteroatoms. The van der Waals surface area contributed by atoms with Crippen molar-refractivity contribution in [2.45, 2.75) is 27.3 Å². The smallest absolute Gasteiger partial charge is 0.336 e. The van der Waals surface area contributed by atoms with E-state index in [4.69, 9.17) is 9.15 Å². The number of benzene rings is 2. The molecule has 24 heavy (non-hydrogen) atoms. The molecule has 1 aromatic heterocycles. The average molecular weight is 323 g/mol. The first-order valence-corrected chi connectivity index (χ1v) is 7.91. The van der Waals surface area contributed by atoms with Crippen molar-refractivity contribution < 1.29 is 9.15 Å². The molecule has 3 aromatic rings. The van der Waals surface area contributed by atoms with Gasteiger partial charge in [0.05, 0.1) is 12.8 Å². The maximum atomic E-state index is 11.9. The first-order valence-electron chi connectivity index (χ1n) is 7.91. The van der Waals surface area contributed by atoms with Gasteiger partial charge in [-0.15, -0.1) is 0 Å². The normalized spacial score (nSPS) is 10.8. The minimum Gasteiger partial charge on any atom is -0.495 e. The molecule has 0 aliphatic rings. The predicted octanol–water partition coefficient (Wildman–Crippen LogP) is 4.34. The molecule has 0 bridgehead atoms.